The molecule has 3 aliphatic rings. The molecule has 3 aromatic rings. The standard InChI is InChI=1S/C34H40N4O3/c39-32-14-8-7-13-29(32)34(41)37-17-15-28(16-18-37)36-19-21-38(22-20-36)33(40)27-23-30(25-9-3-1-4-10-25)35-31(24-27)26-11-5-2-6-12-26/h1-6,9-12,23-24,28-29,32,39H,7-8,13-22H2. The van der Waals surface area contributed by atoms with Crippen LogP contribution in [0.1, 0.15) is 48.9 Å². The number of amides is 2. The lowest BCUT2D eigenvalue weighted by molar-refractivity contribution is -0.142. The zero-order chi connectivity index (χ0) is 28.2. The van der Waals surface area contributed by atoms with Crippen LogP contribution in [0, 0.1) is 5.92 Å². The van der Waals surface area contributed by atoms with E-state index in [0.29, 0.717) is 24.7 Å². The number of aliphatic hydroxyl groups excluding tert-OH is 1. The Balaban J connectivity index is 1.09. The van der Waals surface area contributed by atoms with Crippen molar-refractivity contribution in [3.05, 3.63) is 78.4 Å². The number of hydrogen-bond donors (Lipinski definition) is 1. The van der Waals surface area contributed by atoms with Gasteiger partial charge in [0.1, 0.15) is 0 Å². The van der Waals surface area contributed by atoms with Gasteiger partial charge in [-0.1, -0.05) is 73.5 Å². The maximum Gasteiger partial charge on any atom is 0.254 e. The lowest BCUT2D eigenvalue weighted by Crippen LogP contribution is -2.55. The topological polar surface area (TPSA) is 77.0 Å². The molecule has 41 heavy (non-hydrogen) atoms. The van der Waals surface area contributed by atoms with Crippen molar-refractivity contribution >= 4 is 11.8 Å². The predicted octanol–water partition coefficient (Wildman–Crippen LogP) is 4.72. The molecule has 1 aliphatic carbocycles. The van der Waals surface area contributed by atoms with Crippen molar-refractivity contribution in [3.63, 3.8) is 0 Å². The van der Waals surface area contributed by atoms with Gasteiger partial charge in [0.15, 0.2) is 0 Å². The fraction of sp³-hybridized carbons (Fsp3) is 0.441. The number of piperazine rings is 1. The summed E-state index contributed by atoms with van der Waals surface area (Å²) in [6, 6.07) is 24.3. The molecule has 3 fully saturated rings. The van der Waals surface area contributed by atoms with Crippen LogP contribution in [0.25, 0.3) is 22.5 Å². The first kappa shape index (κ1) is 27.6. The van der Waals surface area contributed by atoms with E-state index in [0.717, 1.165) is 87.2 Å². The molecule has 0 bridgehead atoms. The second kappa shape index (κ2) is 12.5. The van der Waals surface area contributed by atoms with Crippen molar-refractivity contribution in [1.82, 2.24) is 19.7 Å². The number of nitrogens with zero attached hydrogens (tertiary/aromatic N) is 4. The number of benzene rings is 2. The number of aliphatic hydroxyl groups is 1. The van der Waals surface area contributed by atoms with Gasteiger partial charge < -0.3 is 14.9 Å². The predicted molar refractivity (Wildman–Crippen MR) is 160 cm³/mol. The molecule has 2 atom stereocenters. The fourth-order valence-electron chi connectivity index (χ4n) is 6.73. The van der Waals surface area contributed by atoms with E-state index in [4.69, 9.17) is 4.98 Å². The SMILES string of the molecule is O=C(c1cc(-c2ccccc2)nc(-c2ccccc2)c1)N1CCN(C2CCN(C(=O)C3CCCCC3O)CC2)CC1. The number of carbonyl (C=O) groups is 2. The van der Waals surface area contributed by atoms with Gasteiger partial charge in [-0.2, -0.15) is 0 Å². The molecule has 6 rings (SSSR count). The van der Waals surface area contributed by atoms with E-state index in [1.807, 2.05) is 82.6 Å². The second-order valence-corrected chi connectivity index (χ2v) is 11.7. The average molecular weight is 553 g/mol. The monoisotopic (exact) mass is 552 g/mol. The molecular formula is C34H40N4O3. The Bertz CT molecular complexity index is 1270. The highest BCUT2D eigenvalue weighted by Crippen LogP contribution is 2.29. The number of aromatic nitrogens is 1. The normalized spacial score (nSPS) is 22.5. The molecule has 2 unspecified atom stereocenters. The first-order valence-electron chi connectivity index (χ1n) is 15.2. The average Bonchev–Trinajstić information content (AvgIpc) is 3.05. The number of piperidine rings is 1. The van der Waals surface area contributed by atoms with Crippen LogP contribution in [0.15, 0.2) is 72.8 Å². The molecule has 2 saturated heterocycles. The van der Waals surface area contributed by atoms with E-state index >= 15 is 0 Å². The molecular weight excluding hydrogens is 512 g/mol. The zero-order valence-electron chi connectivity index (χ0n) is 23.7. The van der Waals surface area contributed by atoms with Crippen molar-refractivity contribution in [3.8, 4) is 22.5 Å². The number of hydrogen-bond acceptors (Lipinski definition) is 5. The molecule has 1 saturated carbocycles. The Morgan fingerprint density at radius 1 is 0.683 bits per heavy atom. The molecule has 1 N–H and O–H groups in total. The third-order valence-electron chi connectivity index (χ3n) is 9.15. The Kier molecular flexibility index (Phi) is 8.44. The molecule has 2 amide bonds. The quantitative estimate of drug-likeness (QED) is 0.496. The van der Waals surface area contributed by atoms with Crippen LogP contribution in [0.2, 0.25) is 0 Å². The summed E-state index contributed by atoms with van der Waals surface area (Å²) >= 11 is 0. The summed E-state index contributed by atoms with van der Waals surface area (Å²) in [4.78, 5) is 38.1. The maximum atomic E-state index is 13.8. The molecule has 2 aromatic carbocycles. The van der Waals surface area contributed by atoms with E-state index < -0.39 is 6.10 Å². The van der Waals surface area contributed by atoms with E-state index in [-0.39, 0.29) is 17.7 Å². The molecule has 3 heterocycles. The number of pyridine rings is 1. The smallest absolute Gasteiger partial charge is 0.254 e. The van der Waals surface area contributed by atoms with Gasteiger partial charge >= 0.3 is 0 Å². The Labute approximate surface area is 242 Å². The van der Waals surface area contributed by atoms with Crippen LogP contribution < -0.4 is 0 Å². The molecule has 2 aliphatic heterocycles. The van der Waals surface area contributed by atoms with Crippen molar-refractivity contribution < 1.29 is 14.7 Å². The Morgan fingerprint density at radius 3 is 1.80 bits per heavy atom. The highest BCUT2D eigenvalue weighted by Gasteiger charge is 2.36. The minimum Gasteiger partial charge on any atom is -0.392 e. The summed E-state index contributed by atoms with van der Waals surface area (Å²) in [6.45, 7) is 4.58. The first-order valence-corrected chi connectivity index (χ1v) is 15.2. The van der Waals surface area contributed by atoms with E-state index in [9.17, 15) is 14.7 Å². The minimum absolute atomic E-state index is 0.0490. The van der Waals surface area contributed by atoms with Crippen LogP contribution in [-0.4, -0.2) is 88.0 Å². The largest absolute Gasteiger partial charge is 0.392 e. The number of likely N-dealkylation sites (tertiary alicyclic amines) is 1. The van der Waals surface area contributed by atoms with Crippen LogP contribution in [-0.2, 0) is 4.79 Å². The van der Waals surface area contributed by atoms with Crippen LogP contribution in [0.3, 0.4) is 0 Å². The molecule has 0 radical (unpaired) electrons. The van der Waals surface area contributed by atoms with Gasteiger partial charge in [0.25, 0.3) is 5.91 Å². The zero-order valence-corrected chi connectivity index (χ0v) is 23.7. The third-order valence-corrected chi connectivity index (χ3v) is 9.15. The molecule has 1 aromatic heterocycles. The van der Waals surface area contributed by atoms with Crippen LogP contribution in [0.5, 0.6) is 0 Å². The summed E-state index contributed by atoms with van der Waals surface area (Å²) in [5.74, 6) is -0.0195. The first-order chi connectivity index (χ1) is 20.1. The van der Waals surface area contributed by atoms with E-state index in [1.54, 1.807) is 0 Å². The second-order valence-electron chi connectivity index (χ2n) is 11.7. The lowest BCUT2D eigenvalue weighted by Gasteiger charge is -2.43. The van der Waals surface area contributed by atoms with Gasteiger partial charge in [-0.15, -0.1) is 0 Å². The van der Waals surface area contributed by atoms with E-state index in [2.05, 4.69) is 4.90 Å². The molecule has 214 valence electrons. The van der Waals surface area contributed by atoms with Crippen molar-refractivity contribution in [2.45, 2.75) is 50.7 Å². The molecule has 7 nitrogen and oxygen atoms in total. The van der Waals surface area contributed by atoms with Crippen molar-refractivity contribution in [1.29, 1.82) is 0 Å². The molecule has 0 spiro atoms. The Morgan fingerprint density at radius 2 is 1.24 bits per heavy atom. The number of rotatable bonds is 5. The lowest BCUT2D eigenvalue weighted by atomic mass is 9.85. The fourth-order valence-corrected chi connectivity index (χ4v) is 6.73. The summed E-state index contributed by atoms with van der Waals surface area (Å²) < 4.78 is 0. The maximum absolute atomic E-state index is 13.8. The molecule has 7 heteroatoms. The number of carbonyl (C=O) groups excluding carboxylic acids is 2. The van der Waals surface area contributed by atoms with Crippen LogP contribution in [0.4, 0.5) is 0 Å². The Hall–Kier alpha value is -3.55. The van der Waals surface area contributed by atoms with Crippen molar-refractivity contribution in [2.24, 2.45) is 5.92 Å². The van der Waals surface area contributed by atoms with Gasteiger partial charge in [-0.05, 0) is 37.8 Å². The highest BCUT2D eigenvalue weighted by molar-refractivity contribution is 5.96. The van der Waals surface area contributed by atoms with E-state index in [1.165, 1.54) is 0 Å². The van der Waals surface area contributed by atoms with Crippen LogP contribution >= 0.6 is 0 Å². The summed E-state index contributed by atoms with van der Waals surface area (Å²) in [5, 5.41) is 10.3. The van der Waals surface area contributed by atoms with Gasteiger partial charge in [0.05, 0.1) is 23.4 Å². The van der Waals surface area contributed by atoms with Gasteiger partial charge in [-0.25, -0.2) is 4.98 Å². The highest BCUT2D eigenvalue weighted by atomic mass is 16.3. The van der Waals surface area contributed by atoms with Crippen molar-refractivity contribution in [2.75, 3.05) is 39.3 Å². The third kappa shape index (κ3) is 6.21. The summed E-state index contributed by atoms with van der Waals surface area (Å²) in [7, 11) is 0. The summed E-state index contributed by atoms with van der Waals surface area (Å²) in [6.07, 6.45) is 5.04. The van der Waals surface area contributed by atoms with Gasteiger partial charge in [0, 0.05) is 62.0 Å². The summed E-state index contributed by atoms with van der Waals surface area (Å²) in [5.41, 5.74) is 4.26. The van der Waals surface area contributed by atoms with Gasteiger partial charge in [0.2, 0.25) is 5.91 Å². The minimum atomic E-state index is -0.479. The van der Waals surface area contributed by atoms with Gasteiger partial charge in [-0.3, -0.25) is 14.5 Å².